The van der Waals surface area contributed by atoms with E-state index < -0.39 is 17.1 Å². The average molecular weight is 312 g/mol. The molecule has 2 aromatic heterocycles. The van der Waals surface area contributed by atoms with Crippen molar-refractivity contribution in [2.45, 2.75) is 6.92 Å². The number of carboxylic acid groups (broad SMARTS) is 1. The van der Waals surface area contributed by atoms with Gasteiger partial charge in [-0.3, -0.25) is 9.20 Å². The summed E-state index contributed by atoms with van der Waals surface area (Å²) in [4.78, 5) is 28.3. The molecule has 0 atom stereocenters. The van der Waals surface area contributed by atoms with Gasteiger partial charge in [0, 0.05) is 18.0 Å². The molecule has 3 aromatic rings. The van der Waals surface area contributed by atoms with Crippen molar-refractivity contribution in [1.82, 2.24) is 9.38 Å². The van der Waals surface area contributed by atoms with Gasteiger partial charge in [0.25, 0.3) is 11.3 Å². The van der Waals surface area contributed by atoms with Crippen LogP contribution in [-0.2, 0) is 0 Å². The van der Waals surface area contributed by atoms with Crippen molar-refractivity contribution in [1.29, 1.82) is 0 Å². The number of aromatic carboxylic acids is 1. The van der Waals surface area contributed by atoms with E-state index in [1.807, 2.05) is 0 Å². The lowest BCUT2D eigenvalue weighted by atomic mass is 10.2. The molecule has 1 aromatic carbocycles. The van der Waals surface area contributed by atoms with Gasteiger partial charge in [0.1, 0.15) is 5.65 Å². The number of nitrogens with one attached hydrogen (secondary N) is 1. The van der Waals surface area contributed by atoms with Crippen LogP contribution < -0.4 is 10.9 Å². The Hall–Kier alpha value is -3.35. The van der Waals surface area contributed by atoms with Crippen molar-refractivity contribution in [3.63, 3.8) is 0 Å². The van der Waals surface area contributed by atoms with Crippen molar-refractivity contribution in [3.05, 3.63) is 64.1 Å². The zero-order chi connectivity index (χ0) is 16.6. The first-order valence-corrected chi connectivity index (χ1v) is 6.81. The molecular weight excluding hydrogens is 298 g/mol. The van der Waals surface area contributed by atoms with Crippen LogP contribution in [0.2, 0.25) is 0 Å². The Morgan fingerprint density at radius 2 is 2.09 bits per heavy atom. The van der Waals surface area contributed by atoms with Gasteiger partial charge in [0.15, 0.2) is 11.4 Å². The number of carbonyl (C=O) groups is 1. The van der Waals surface area contributed by atoms with E-state index in [1.165, 1.54) is 16.7 Å². The predicted octanol–water partition coefficient (Wildman–Crippen LogP) is 1.88. The average Bonchev–Trinajstić information content (AvgIpc) is 2.48. The molecule has 7 heteroatoms. The minimum atomic E-state index is -1.36. The SMILES string of the molecule is Cc1cccn2c(=O)c(C(=O)O)c(Nc3cccc([OH2+])c3)nc12. The molecule has 0 bridgehead atoms. The third kappa shape index (κ3) is 2.59. The van der Waals surface area contributed by atoms with Crippen molar-refractivity contribution in [2.24, 2.45) is 0 Å². The highest BCUT2D eigenvalue weighted by molar-refractivity contribution is 5.94. The summed E-state index contributed by atoms with van der Waals surface area (Å²) in [5, 5.41) is 19.8. The molecule has 7 nitrogen and oxygen atoms in total. The lowest BCUT2D eigenvalue weighted by molar-refractivity contribution is 0.0695. The summed E-state index contributed by atoms with van der Waals surface area (Å²) in [5.74, 6) is -1.13. The number of aromatic nitrogens is 2. The Morgan fingerprint density at radius 3 is 2.78 bits per heavy atom. The molecule has 0 spiro atoms. The molecule has 0 fully saturated rings. The Balaban J connectivity index is 2.26. The minimum Gasteiger partial charge on any atom is -0.593 e. The van der Waals surface area contributed by atoms with Crippen LogP contribution in [0.5, 0.6) is 5.75 Å². The Kier molecular flexibility index (Phi) is 3.46. The second kappa shape index (κ2) is 5.45. The standard InChI is InChI=1S/C16H13N3O4/c1-9-4-3-7-19-14(9)18-13(12(15(19)21)16(22)23)17-10-5-2-6-11(20)8-10/h2-8,17,20H,1H3,(H,22,23)/p+1. The number of rotatable bonds is 3. The predicted molar refractivity (Wildman–Crippen MR) is 85.9 cm³/mol. The monoisotopic (exact) mass is 312 g/mol. The Morgan fingerprint density at radius 1 is 1.30 bits per heavy atom. The number of hydrogen-bond donors (Lipinski definition) is 2. The molecule has 0 saturated heterocycles. The van der Waals surface area contributed by atoms with E-state index >= 15 is 0 Å². The number of aryl methyl sites for hydroxylation is 1. The zero-order valence-electron chi connectivity index (χ0n) is 12.2. The maximum Gasteiger partial charge on any atom is 0.345 e. The maximum atomic E-state index is 12.5. The van der Waals surface area contributed by atoms with Gasteiger partial charge in [-0.05, 0) is 24.6 Å². The molecule has 0 aliphatic rings. The van der Waals surface area contributed by atoms with E-state index in [1.54, 1.807) is 37.3 Å². The number of anilines is 2. The molecule has 4 N–H and O–H groups in total. The zero-order valence-corrected chi connectivity index (χ0v) is 12.2. The topological polar surface area (TPSA) is 107 Å². The van der Waals surface area contributed by atoms with E-state index in [-0.39, 0.29) is 11.6 Å². The highest BCUT2D eigenvalue weighted by Crippen LogP contribution is 2.21. The van der Waals surface area contributed by atoms with Crippen LogP contribution in [0.1, 0.15) is 15.9 Å². The quantitative estimate of drug-likeness (QED) is 0.718. The molecule has 0 saturated carbocycles. The third-order valence-electron chi connectivity index (χ3n) is 3.39. The Labute approximate surface area is 130 Å². The fourth-order valence-electron chi connectivity index (χ4n) is 2.31. The van der Waals surface area contributed by atoms with Gasteiger partial charge in [0.2, 0.25) is 0 Å². The Bertz CT molecular complexity index is 979. The third-order valence-corrected chi connectivity index (χ3v) is 3.39. The maximum absolute atomic E-state index is 12.5. The smallest absolute Gasteiger partial charge is 0.345 e. The molecule has 0 amide bonds. The fraction of sp³-hybridized carbons (Fsp3) is 0.0625. The van der Waals surface area contributed by atoms with E-state index in [0.717, 1.165) is 5.56 Å². The largest absolute Gasteiger partial charge is 0.593 e. The highest BCUT2D eigenvalue weighted by atomic mass is 16.4. The van der Waals surface area contributed by atoms with Crippen LogP contribution in [0.4, 0.5) is 11.5 Å². The minimum absolute atomic E-state index is 0.0394. The number of carboxylic acids is 1. The van der Waals surface area contributed by atoms with Crippen LogP contribution in [0.3, 0.4) is 0 Å². The summed E-state index contributed by atoms with van der Waals surface area (Å²) in [6.07, 6.45) is 1.48. The first-order chi connectivity index (χ1) is 11.0. The van der Waals surface area contributed by atoms with Crippen molar-refractivity contribution in [2.75, 3.05) is 5.32 Å². The molecule has 23 heavy (non-hydrogen) atoms. The normalized spacial score (nSPS) is 10.7. The molecule has 0 aliphatic heterocycles. The molecule has 0 aliphatic carbocycles. The number of hydrogen-bond acceptors (Lipinski definition) is 4. The van der Waals surface area contributed by atoms with Gasteiger partial charge in [-0.2, -0.15) is 0 Å². The summed E-state index contributed by atoms with van der Waals surface area (Å²) in [6.45, 7) is 1.79. The van der Waals surface area contributed by atoms with Gasteiger partial charge in [-0.15, -0.1) is 0 Å². The molecule has 2 heterocycles. The van der Waals surface area contributed by atoms with Crippen LogP contribution in [0.25, 0.3) is 5.65 Å². The first-order valence-electron chi connectivity index (χ1n) is 6.81. The van der Waals surface area contributed by atoms with Gasteiger partial charge in [-0.25, -0.2) is 9.78 Å². The summed E-state index contributed by atoms with van der Waals surface area (Å²) in [7, 11) is 0. The molecule has 3 rings (SSSR count). The molecule has 0 unspecified atom stereocenters. The van der Waals surface area contributed by atoms with E-state index in [2.05, 4.69) is 10.3 Å². The second-order valence-corrected chi connectivity index (χ2v) is 5.04. The summed E-state index contributed by atoms with van der Waals surface area (Å²) in [5.41, 5.74) is 0.523. The molecule has 116 valence electrons. The van der Waals surface area contributed by atoms with Crippen molar-refractivity contribution < 1.29 is 15.0 Å². The van der Waals surface area contributed by atoms with Crippen LogP contribution >= 0.6 is 0 Å². The van der Waals surface area contributed by atoms with Crippen molar-refractivity contribution in [3.8, 4) is 5.75 Å². The summed E-state index contributed by atoms with van der Waals surface area (Å²) < 4.78 is 1.21. The van der Waals surface area contributed by atoms with E-state index in [4.69, 9.17) is 5.11 Å². The van der Waals surface area contributed by atoms with Crippen molar-refractivity contribution >= 4 is 23.1 Å². The van der Waals surface area contributed by atoms with Crippen LogP contribution in [0, 0.1) is 6.92 Å². The van der Waals surface area contributed by atoms with Gasteiger partial charge in [-0.1, -0.05) is 12.1 Å². The fourth-order valence-corrected chi connectivity index (χ4v) is 2.31. The second-order valence-electron chi connectivity index (χ2n) is 5.04. The lowest BCUT2D eigenvalue weighted by Gasteiger charge is -2.11. The van der Waals surface area contributed by atoms with E-state index in [9.17, 15) is 14.7 Å². The van der Waals surface area contributed by atoms with Crippen LogP contribution in [-0.4, -0.2) is 25.6 Å². The lowest BCUT2D eigenvalue weighted by Crippen LogP contribution is -2.25. The summed E-state index contributed by atoms with van der Waals surface area (Å²) >= 11 is 0. The molecule has 0 radical (unpaired) electrons. The van der Waals surface area contributed by atoms with Gasteiger partial charge < -0.3 is 15.5 Å². The first kappa shape index (κ1) is 14.6. The number of nitrogens with zero attached hydrogens (tertiary/aromatic N) is 2. The number of benzene rings is 1. The van der Waals surface area contributed by atoms with Gasteiger partial charge >= 0.3 is 5.97 Å². The van der Waals surface area contributed by atoms with E-state index in [0.29, 0.717) is 11.3 Å². The molecular formula is C16H14N3O4+. The summed E-state index contributed by atoms with van der Waals surface area (Å²) in [6, 6.07) is 9.89. The van der Waals surface area contributed by atoms with Gasteiger partial charge in [0.05, 0.1) is 6.07 Å². The van der Waals surface area contributed by atoms with Crippen LogP contribution in [0.15, 0.2) is 47.4 Å². The number of fused-ring (bicyclic) bond motifs is 1. The number of pyridine rings is 1. The highest BCUT2D eigenvalue weighted by Gasteiger charge is 2.20.